The summed E-state index contributed by atoms with van der Waals surface area (Å²) in [6.45, 7) is 2.95. The molecule has 0 aromatic heterocycles. The van der Waals surface area contributed by atoms with Crippen molar-refractivity contribution >= 4 is 0 Å². The lowest BCUT2D eigenvalue weighted by Crippen LogP contribution is -2.20. The van der Waals surface area contributed by atoms with Crippen LogP contribution in [0.25, 0.3) is 0 Å². The van der Waals surface area contributed by atoms with Crippen LogP contribution in [0, 0.1) is 0 Å². The molecule has 1 aromatic carbocycles. The van der Waals surface area contributed by atoms with E-state index in [0.29, 0.717) is 0 Å². The summed E-state index contributed by atoms with van der Waals surface area (Å²) < 4.78 is 0. The van der Waals surface area contributed by atoms with E-state index in [2.05, 4.69) is 11.4 Å². The van der Waals surface area contributed by atoms with E-state index in [1.165, 1.54) is 25.3 Å². The molecule has 0 fully saturated rings. The van der Waals surface area contributed by atoms with Gasteiger partial charge in [0.25, 0.3) is 0 Å². The van der Waals surface area contributed by atoms with Gasteiger partial charge in [0.2, 0.25) is 0 Å². The van der Waals surface area contributed by atoms with E-state index in [4.69, 9.17) is 0 Å². The monoisotopic (exact) mass is 247 g/mol. The molecule has 3 N–H and O–H groups in total. The van der Waals surface area contributed by atoms with Gasteiger partial charge in [0, 0.05) is 17.7 Å². The minimum absolute atomic E-state index is 0.0904. The number of benzene rings is 1. The van der Waals surface area contributed by atoms with Crippen molar-refractivity contribution in [1.82, 2.24) is 5.32 Å². The molecule has 0 amide bonds. The van der Waals surface area contributed by atoms with E-state index in [0.717, 1.165) is 18.5 Å². The van der Waals surface area contributed by atoms with E-state index < -0.39 is 0 Å². The Balaban J connectivity index is 1.85. The molecule has 0 bridgehead atoms. The highest BCUT2D eigenvalue weighted by Crippen LogP contribution is 2.28. The fourth-order valence-corrected chi connectivity index (χ4v) is 2.42. The number of hydrogen-bond acceptors (Lipinski definition) is 3. The average molecular weight is 247 g/mol. The molecular formula is C15H21NO2. The summed E-state index contributed by atoms with van der Waals surface area (Å²) in [5, 5.41) is 22.4. The number of rotatable bonds is 5. The first-order chi connectivity index (χ1) is 8.66. The van der Waals surface area contributed by atoms with Gasteiger partial charge in [-0.25, -0.2) is 0 Å². The first-order valence-corrected chi connectivity index (χ1v) is 6.60. The van der Waals surface area contributed by atoms with E-state index in [9.17, 15) is 10.2 Å². The minimum atomic E-state index is 0.0904. The SMILES string of the molecule is CC(NCCC1=CCCC1)c1ccc(O)cc1O. The largest absolute Gasteiger partial charge is 0.508 e. The standard InChI is InChI=1S/C15H21NO2/c1-11(14-7-6-13(17)10-15(14)18)16-9-8-12-4-2-3-5-12/h4,6-7,10-11,16-18H,2-3,5,8-9H2,1H3. The second kappa shape index (κ2) is 5.91. The molecule has 1 aliphatic rings. The fourth-order valence-electron chi connectivity index (χ4n) is 2.42. The summed E-state index contributed by atoms with van der Waals surface area (Å²) in [6.07, 6.45) is 7.18. The first-order valence-electron chi connectivity index (χ1n) is 6.60. The Morgan fingerprint density at radius 1 is 1.33 bits per heavy atom. The van der Waals surface area contributed by atoms with Crippen molar-refractivity contribution in [3.05, 3.63) is 35.4 Å². The highest BCUT2D eigenvalue weighted by atomic mass is 16.3. The summed E-state index contributed by atoms with van der Waals surface area (Å²) in [4.78, 5) is 0. The molecular weight excluding hydrogens is 226 g/mol. The molecule has 0 saturated carbocycles. The number of aromatic hydroxyl groups is 2. The van der Waals surface area contributed by atoms with Crippen LogP contribution >= 0.6 is 0 Å². The Bertz CT molecular complexity index is 440. The van der Waals surface area contributed by atoms with Crippen LogP contribution in [0.2, 0.25) is 0 Å². The highest BCUT2D eigenvalue weighted by molar-refractivity contribution is 5.40. The molecule has 0 radical (unpaired) electrons. The Hall–Kier alpha value is -1.48. The van der Waals surface area contributed by atoms with E-state index in [1.807, 2.05) is 6.92 Å². The van der Waals surface area contributed by atoms with E-state index in [-0.39, 0.29) is 17.5 Å². The fraction of sp³-hybridized carbons (Fsp3) is 0.467. The van der Waals surface area contributed by atoms with Crippen LogP contribution in [0.15, 0.2) is 29.8 Å². The molecule has 98 valence electrons. The molecule has 0 spiro atoms. The number of phenols is 2. The smallest absolute Gasteiger partial charge is 0.124 e. The van der Waals surface area contributed by atoms with Crippen LogP contribution in [-0.2, 0) is 0 Å². The summed E-state index contributed by atoms with van der Waals surface area (Å²) in [5.41, 5.74) is 2.37. The Morgan fingerprint density at radius 2 is 2.17 bits per heavy atom. The maximum Gasteiger partial charge on any atom is 0.124 e. The van der Waals surface area contributed by atoms with Gasteiger partial charge in [-0.2, -0.15) is 0 Å². The number of hydrogen-bond donors (Lipinski definition) is 3. The van der Waals surface area contributed by atoms with Crippen molar-refractivity contribution in [2.75, 3.05) is 6.54 Å². The zero-order valence-electron chi connectivity index (χ0n) is 10.8. The van der Waals surface area contributed by atoms with Crippen molar-refractivity contribution in [1.29, 1.82) is 0 Å². The van der Waals surface area contributed by atoms with Crippen molar-refractivity contribution in [2.45, 2.75) is 38.6 Å². The van der Waals surface area contributed by atoms with Crippen LogP contribution in [0.5, 0.6) is 11.5 Å². The molecule has 2 rings (SSSR count). The quantitative estimate of drug-likeness (QED) is 0.700. The molecule has 1 aromatic rings. The van der Waals surface area contributed by atoms with E-state index in [1.54, 1.807) is 17.7 Å². The second-order valence-electron chi connectivity index (χ2n) is 4.92. The summed E-state index contributed by atoms with van der Waals surface area (Å²) in [7, 11) is 0. The maximum atomic E-state index is 9.76. The first kappa shape index (κ1) is 13.0. The highest BCUT2D eigenvalue weighted by Gasteiger charge is 2.11. The lowest BCUT2D eigenvalue weighted by atomic mass is 10.1. The van der Waals surface area contributed by atoms with Gasteiger partial charge in [-0.15, -0.1) is 0 Å². The molecule has 1 aliphatic carbocycles. The van der Waals surface area contributed by atoms with Crippen LogP contribution < -0.4 is 5.32 Å². The lowest BCUT2D eigenvalue weighted by Gasteiger charge is -2.16. The number of phenolic OH excluding ortho intramolecular Hbond substituents is 2. The van der Waals surface area contributed by atoms with Gasteiger partial charge in [0.15, 0.2) is 0 Å². The normalized spacial score (nSPS) is 16.6. The third-order valence-electron chi connectivity index (χ3n) is 3.51. The van der Waals surface area contributed by atoms with Gasteiger partial charge in [0.1, 0.15) is 11.5 Å². The average Bonchev–Trinajstić information content (AvgIpc) is 2.81. The number of nitrogens with one attached hydrogen (secondary N) is 1. The van der Waals surface area contributed by atoms with Gasteiger partial charge in [-0.1, -0.05) is 17.7 Å². The third-order valence-corrected chi connectivity index (χ3v) is 3.51. The molecule has 3 heteroatoms. The summed E-state index contributed by atoms with van der Waals surface area (Å²) in [5.74, 6) is 0.245. The summed E-state index contributed by atoms with van der Waals surface area (Å²) in [6, 6.07) is 4.84. The van der Waals surface area contributed by atoms with Crippen molar-refractivity contribution in [2.24, 2.45) is 0 Å². The van der Waals surface area contributed by atoms with Gasteiger partial charge < -0.3 is 15.5 Å². The Kier molecular flexibility index (Phi) is 4.26. The van der Waals surface area contributed by atoms with Crippen molar-refractivity contribution < 1.29 is 10.2 Å². The van der Waals surface area contributed by atoms with Gasteiger partial charge in [0.05, 0.1) is 0 Å². The van der Waals surface area contributed by atoms with Crippen molar-refractivity contribution in [3.8, 4) is 11.5 Å². The summed E-state index contributed by atoms with van der Waals surface area (Å²) >= 11 is 0. The zero-order chi connectivity index (χ0) is 13.0. The second-order valence-corrected chi connectivity index (χ2v) is 4.92. The lowest BCUT2D eigenvalue weighted by molar-refractivity contribution is 0.436. The molecule has 3 nitrogen and oxygen atoms in total. The molecule has 0 aliphatic heterocycles. The molecule has 18 heavy (non-hydrogen) atoms. The molecule has 1 unspecified atom stereocenters. The predicted molar refractivity (Wildman–Crippen MR) is 72.7 cm³/mol. The third kappa shape index (κ3) is 3.26. The van der Waals surface area contributed by atoms with Crippen molar-refractivity contribution in [3.63, 3.8) is 0 Å². The van der Waals surface area contributed by atoms with Crippen LogP contribution in [-0.4, -0.2) is 16.8 Å². The van der Waals surface area contributed by atoms with Crippen LogP contribution in [0.4, 0.5) is 0 Å². The molecule has 0 heterocycles. The number of allylic oxidation sites excluding steroid dienone is 1. The van der Waals surface area contributed by atoms with Gasteiger partial charge in [-0.3, -0.25) is 0 Å². The zero-order valence-corrected chi connectivity index (χ0v) is 10.8. The topological polar surface area (TPSA) is 52.5 Å². The molecule has 1 atom stereocenters. The maximum absolute atomic E-state index is 9.76. The Morgan fingerprint density at radius 3 is 2.83 bits per heavy atom. The molecule has 0 saturated heterocycles. The van der Waals surface area contributed by atoms with E-state index >= 15 is 0 Å². The Labute approximate surface area is 108 Å². The van der Waals surface area contributed by atoms with Gasteiger partial charge >= 0.3 is 0 Å². The van der Waals surface area contributed by atoms with Gasteiger partial charge in [-0.05, 0) is 45.2 Å². The minimum Gasteiger partial charge on any atom is -0.508 e. The van der Waals surface area contributed by atoms with Crippen LogP contribution in [0.1, 0.15) is 44.2 Å². The predicted octanol–water partition coefficient (Wildman–Crippen LogP) is 3.25. The van der Waals surface area contributed by atoms with Crippen LogP contribution in [0.3, 0.4) is 0 Å².